The predicted octanol–water partition coefficient (Wildman–Crippen LogP) is 34.2. The molecular formula is C126H78N6O2. The van der Waals surface area contributed by atoms with Gasteiger partial charge in [-0.2, -0.15) is 0 Å². The molecule has 8 heterocycles. The standard InChI is InChI=1S/2C42H26N2O.C42H26N2/c1-3-11-29(12-4-1)43-36-17-9-7-15-31(36)35-25-27(20-23-37(35)43)28-19-21-34-39(26-28)44(30-13-5-2-6-14-30)38-24-22-33-32-16-8-10-18-40(32)45-42(33)41(34)38;1-2-10-29(11-3-1)43-37-15-7-4-12-31(37)34-24-27(18-21-39(34)43)28-19-22-40-35(25-28)32-13-5-8-16-38(32)44(40)30-20-23-42-36(26-30)33-14-6-9-17-41(33)45-42;1-2-12-27(13-3-1)43-37-20-10-8-18-34(37)41-39(43)24-25-40-42(41)35-19-9-11-21-38(35)44(40)28-22-23-33-31-16-5-4-14-29(31)30-15-6-7-17-32(30)36(33)26-28/h2*1-26H;1-26H. The van der Waals surface area contributed by atoms with Crippen LogP contribution in [0, 0.1) is 0 Å². The number of fused-ring (bicyclic) bond motifs is 32. The molecule has 0 radical (unpaired) electrons. The highest BCUT2D eigenvalue weighted by Gasteiger charge is 2.26. The maximum atomic E-state index is 6.55. The van der Waals surface area contributed by atoms with E-state index in [1.165, 1.54) is 192 Å². The molecule has 0 amide bonds. The van der Waals surface area contributed by atoms with E-state index in [2.05, 4.69) is 482 Å². The van der Waals surface area contributed by atoms with E-state index in [1.54, 1.807) is 0 Å². The van der Waals surface area contributed by atoms with Gasteiger partial charge in [-0.15, -0.1) is 0 Å². The molecule has 0 bridgehead atoms. The molecule has 0 N–H and O–H groups in total. The fraction of sp³-hybridized carbons (Fsp3) is 0. The van der Waals surface area contributed by atoms with Crippen molar-refractivity contribution in [2.45, 2.75) is 0 Å². The lowest BCUT2D eigenvalue weighted by molar-refractivity contribution is 0.669. The summed E-state index contributed by atoms with van der Waals surface area (Å²) in [7, 11) is 0. The van der Waals surface area contributed by atoms with Crippen molar-refractivity contribution >= 4 is 207 Å². The first-order chi connectivity index (χ1) is 66.5. The molecule has 8 aromatic heterocycles. The number of nitrogens with zero attached hydrogens (tertiary/aromatic N) is 6. The van der Waals surface area contributed by atoms with E-state index in [9.17, 15) is 0 Å². The average molecular weight is 1710 g/mol. The van der Waals surface area contributed by atoms with Gasteiger partial charge in [0.2, 0.25) is 0 Å². The molecule has 134 heavy (non-hydrogen) atoms. The van der Waals surface area contributed by atoms with E-state index < -0.39 is 0 Å². The smallest absolute Gasteiger partial charge is 0.145 e. The maximum Gasteiger partial charge on any atom is 0.145 e. The van der Waals surface area contributed by atoms with Crippen molar-refractivity contribution < 1.29 is 8.83 Å². The van der Waals surface area contributed by atoms with Gasteiger partial charge in [-0.25, -0.2) is 0 Å². The SMILES string of the molecule is c1ccc(-n2c3ccccc3c3c4c5ccccc5n(-c5ccc6c7ccccc7c7ccccc7c6c5)c4ccc32)cc1.c1ccc(-n2c3ccccc3c3cc(-c4ccc5c(c4)c4ccccc4n5-c4ccc5oc6ccccc6c5c4)ccc32)cc1.c1ccc(-n2c3ccccc3c3cc(-c4ccc5c6c7oc8ccccc8c7ccc6n(-c6ccccc6)c5c4)ccc32)cc1. The minimum absolute atomic E-state index is 0.909. The molecule has 0 fully saturated rings. The van der Waals surface area contributed by atoms with Crippen LogP contribution >= 0.6 is 0 Å². The zero-order chi connectivity index (χ0) is 87.7. The minimum atomic E-state index is 0.909. The Morgan fingerprint density at radius 1 is 0.119 bits per heavy atom. The summed E-state index contributed by atoms with van der Waals surface area (Å²) in [6.45, 7) is 0. The van der Waals surface area contributed by atoms with E-state index in [-0.39, 0.29) is 0 Å². The molecule has 8 nitrogen and oxygen atoms in total. The third-order valence-corrected chi connectivity index (χ3v) is 28.1. The Hall–Kier alpha value is -18.0. The first kappa shape index (κ1) is 75.0. The highest BCUT2D eigenvalue weighted by molar-refractivity contribution is 6.31. The highest BCUT2D eigenvalue weighted by atomic mass is 16.3. The number of aromatic nitrogens is 6. The van der Waals surface area contributed by atoms with Gasteiger partial charge in [0, 0.05) is 115 Å². The van der Waals surface area contributed by atoms with Crippen LogP contribution in [0.1, 0.15) is 0 Å². The van der Waals surface area contributed by atoms with Gasteiger partial charge >= 0.3 is 0 Å². The van der Waals surface area contributed by atoms with E-state index in [0.717, 1.165) is 71.7 Å². The van der Waals surface area contributed by atoms with Crippen LogP contribution in [0.4, 0.5) is 0 Å². The Morgan fingerprint density at radius 3 is 0.843 bits per heavy atom. The molecule has 0 saturated heterocycles. The lowest BCUT2D eigenvalue weighted by Gasteiger charge is -2.14. The Morgan fingerprint density at radius 2 is 0.381 bits per heavy atom. The van der Waals surface area contributed by atoms with E-state index >= 15 is 0 Å². The van der Waals surface area contributed by atoms with Gasteiger partial charge in [0.1, 0.15) is 22.3 Å². The summed E-state index contributed by atoms with van der Waals surface area (Å²) in [5.74, 6) is 0. The second kappa shape index (κ2) is 29.8. The van der Waals surface area contributed by atoms with Gasteiger partial charge in [-0.05, 0) is 243 Å². The zero-order valence-corrected chi connectivity index (χ0v) is 72.5. The first-order valence-electron chi connectivity index (χ1n) is 45.9. The molecule has 0 saturated carbocycles. The van der Waals surface area contributed by atoms with E-state index in [0.29, 0.717) is 0 Å². The third kappa shape index (κ3) is 11.4. The molecule has 8 heteroatoms. The molecular weight excluding hydrogens is 1630 g/mol. The zero-order valence-electron chi connectivity index (χ0n) is 72.5. The van der Waals surface area contributed by atoms with Crippen molar-refractivity contribution in [3.8, 4) is 56.4 Å². The van der Waals surface area contributed by atoms with Crippen LogP contribution in [-0.2, 0) is 0 Å². The summed E-state index contributed by atoms with van der Waals surface area (Å²) in [6.07, 6.45) is 0. The van der Waals surface area contributed by atoms with Crippen LogP contribution in [0.15, 0.2) is 482 Å². The average Bonchev–Trinajstić information content (AvgIpc) is 1.55. The molecule has 30 rings (SSSR count). The van der Waals surface area contributed by atoms with Crippen molar-refractivity contribution in [2.24, 2.45) is 0 Å². The van der Waals surface area contributed by atoms with Crippen LogP contribution in [0.5, 0.6) is 0 Å². The van der Waals surface area contributed by atoms with Crippen LogP contribution in [0.2, 0.25) is 0 Å². The maximum absolute atomic E-state index is 6.55. The van der Waals surface area contributed by atoms with Gasteiger partial charge in [0.15, 0.2) is 0 Å². The normalized spacial score (nSPS) is 12.0. The molecule has 0 atom stereocenters. The number of rotatable bonds is 8. The monoisotopic (exact) mass is 1710 g/mol. The van der Waals surface area contributed by atoms with Gasteiger partial charge in [-0.1, -0.05) is 285 Å². The van der Waals surface area contributed by atoms with Crippen LogP contribution < -0.4 is 0 Å². The largest absolute Gasteiger partial charge is 0.456 e. The molecule has 624 valence electrons. The topological polar surface area (TPSA) is 55.9 Å². The highest BCUT2D eigenvalue weighted by Crippen LogP contribution is 2.48. The lowest BCUT2D eigenvalue weighted by Crippen LogP contribution is -1.95. The molecule has 0 aliphatic rings. The second-order valence-corrected chi connectivity index (χ2v) is 35.3. The van der Waals surface area contributed by atoms with Gasteiger partial charge in [-0.3, -0.25) is 0 Å². The Kier molecular flexibility index (Phi) is 16.7. The summed E-state index contributed by atoms with van der Waals surface area (Å²) in [5.41, 5.74) is 29.9. The summed E-state index contributed by atoms with van der Waals surface area (Å²) in [4.78, 5) is 0. The van der Waals surface area contributed by atoms with Crippen LogP contribution in [-0.4, -0.2) is 27.4 Å². The Bertz CT molecular complexity index is 10100. The molecule has 0 aliphatic heterocycles. The minimum Gasteiger partial charge on any atom is -0.456 e. The first-order valence-corrected chi connectivity index (χ1v) is 45.9. The summed E-state index contributed by atoms with van der Waals surface area (Å²) in [5, 5.41) is 27.3. The molecule has 0 aliphatic carbocycles. The van der Waals surface area contributed by atoms with E-state index in [1.807, 2.05) is 18.2 Å². The summed E-state index contributed by atoms with van der Waals surface area (Å²) >= 11 is 0. The molecule has 22 aromatic carbocycles. The second-order valence-electron chi connectivity index (χ2n) is 35.3. The molecule has 30 aromatic rings. The number of hydrogen-bond donors (Lipinski definition) is 0. The lowest BCUT2D eigenvalue weighted by atomic mass is 9.94. The van der Waals surface area contributed by atoms with Crippen LogP contribution in [0.3, 0.4) is 0 Å². The number of hydrogen-bond acceptors (Lipinski definition) is 2. The van der Waals surface area contributed by atoms with Crippen molar-refractivity contribution in [3.63, 3.8) is 0 Å². The van der Waals surface area contributed by atoms with Crippen molar-refractivity contribution in [3.05, 3.63) is 473 Å². The quantitative estimate of drug-likeness (QED) is 0.142. The van der Waals surface area contributed by atoms with Crippen molar-refractivity contribution in [1.82, 2.24) is 27.4 Å². The summed E-state index contributed by atoms with van der Waals surface area (Å²) in [6, 6.07) is 171. The fourth-order valence-electron chi connectivity index (χ4n) is 22.3. The van der Waals surface area contributed by atoms with Crippen LogP contribution in [0.25, 0.3) is 263 Å². The fourth-order valence-corrected chi connectivity index (χ4v) is 22.3. The molecule has 0 spiro atoms. The Labute approximate surface area is 767 Å². The van der Waals surface area contributed by atoms with Gasteiger partial charge in [0.25, 0.3) is 0 Å². The summed E-state index contributed by atoms with van der Waals surface area (Å²) < 4.78 is 27.0. The molecule has 0 unspecified atom stereocenters. The van der Waals surface area contributed by atoms with Gasteiger partial charge in [0.05, 0.1) is 71.6 Å². The Balaban J connectivity index is 0.000000100. The van der Waals surface area contributed by atoms with Crippen molar-refractivity contribution in [1.29, 1.82) is 0 Å². The third-order valence-electron chi connectivity index (χ3n) is 28.1. The van der Waals surface area contributed by atoms with E-state index in [4.69, 9.17) is 8.83 Å². The number of furan rings is 2. The van der Waals surface area contributed by atoms with Crippen molar-refractivity contribution in [2.75, 3.05) is 0 Å². The van der Waals surface area contributed by atoms with Gasteiger partial charge < -0.3 is 36.2 Å². The number of benzene rings is 22. The predicted molar refractivity (Wildman–Crippen MR) is 563 cm³/mol. The number of para-hydroxylation sites is 11.